The van der Waals surface area contributed by atoms with E-state index in [0.29, 0.717) is 19.1 Å². The van der Waals surface area contributed by atoms with Gasteiger partial charge in [0.1, 0.15) is 5.82 Å². The topological polar surface area (TPSA) is 61.4 Å². The van der Waals surface area contributed by atoms with Gasteiger partial charge in [-0.05, 0) is 56.8 Å². The SMILES string of the molecule is CC(NC(=O)CN1CCCC(C(=O)NC2CCCCC2)C1)c1ccc(F)cc1. The molecule has 1 aromatic rings. The van der Waals surface area contributed by atoms with Gasteiger partial charge in [0.25, 0.3) is 0 Å². The minimum Gasteiger partial charge on any atom is -0.353 e. The summed E-state index contributed by atoms with van der Waals surface area (Å²) in [7, 11) is 0. The van der Waals surface area contributed by atoms with Crippen molar-refractivity contribution < 1.29 is 14.0 Å². The summed E-state index contributed by atoms with van der Waals surface area (Å²) >= 11 is 0. The molecule has 0 spiro atoms. The van der Waals surface area contributed by atoms with Crippen molar-refractivity contribution in [2.45, 2.75) is 64.0 Å². The minimum absolute atomic E-state index is 0.0296. The van der Waals surface area contributed by atoms with Crippen molar-refractivity contribution in [1.29, 1.82) is 0 Å². The van der Waals surface area contributed by atoms with Crippen LogP contribution in [0.5, 0.6) is 0 Å². The van der Waals surface area contributed by atoms with Crippen LogP contribution in [0, 0.1) is 11.7 Å². The normalized spacial score (nSPS) is 22.4. The van der Waals surface area contributed by atoms with Crippen molar-refractivity contribution in [1.82, 2.24) is 15.5 Å². The average Bonchev–Trinajstić information content (AvgIpc) is 2.69. The number of benzene rings is 1. The third kappa shape index (κ3) is 6.03. The first kappa shape index (κ1) is 20.8. The van der Waals surface area contributed by atoms with Gasteiger partial charge >= 0.3 is 0 Å². The summed E-state index contributed by atoms with van der Waals surface area (Å²) < 4.78 is 13.0. The van der Waals surface area contributed by atoms with Gasteiger partial charge in [-0.25, -0.2) is 4.39 Å². The van der Waals surface area contributed by atoms with Crippen LogP contribution in [-0.4, -0.2) is 42.4 Å². The lowest BCUT2D eigenvalue weighted by Crippen LogP contribution is -2.48. The third-order valence-corrected chi connectivity index (χ3v) is 5.94. The van der Waals surface area contributed by atoms with E-state index >= 15 is 0 Å². The molecular weight excluding hydrogens is 357 g/mol. The van der Waals surface area contributed by atoms with Crippen LogP contribution in [0.2, 0.25) is 0 Å². The lowest BCUT2D eigenvalue weighted by atomic mass is 9.93. The molecule has 2 atom stereocenters. The number of hydrogen-bond acceptors (Lipinski definition) is 3. The standard InChI is InChI=1S/C22H32FN3O2/c1-16(17-9-11-19(23)12-10-17)24-21(27)15-26-13-5-6-18(14-26)22(28)25-20-7-3-2-4-8-20/h9-12,16,18,20H,2-8,13-15H2,1H3,(H,24,27)(H,25,28). The van der Waals surface area contributed by atoms with Gasteiger partial charge in [0, 0.05) is 12.6 Å². The van der Waals surface area contributed by atoms with Gasteiger partial charge < -0.3 is 10.6 Å². The van der Waals surface area contributed by atoms with Gasteiger partial charge in [-0.15, -0.1) is 0 Å². The molecule has 154 valence electrons. The molecule has 2 N–H and O–H groups in total. The number of nitrogens with zero attached hydrogens (tertiary/aromatic N) is 1. The predicted octanol–water partition coefficient (Wildman–Crippen LogP) is 3.16. The van der Waals surface area contributed by atoms with Crippen molar-refractivity contribution >= 4 is 11.8 Å². The lowest BCUT2D eigenvalue weighted by molar-refractivity contribution is -0.129. The molecule has 1 saturated heterocycles. The van der Waals surface area contributed by atoms with Crippen LogP contribution in [0.15, 0.2) is 24.3 Å². The van der Waals surface area contributed by atoms with Crippen LogP contribution in [0.25, 0.3) is 0 Å². The van der Waals surface area contributed by atoms with Gasteiger partial charge in [-0.2, -0.15) is 0 Å². The Kier molecular flexibility index (Phi) is 7.43. The molecule has 5 nitrogen and oxygen atoms in total. The van der Waals surface area contributed by atoms with E-state index in [2.05, 4.69) is 15.5 Å². The molecule has 28 heavy (non-hydrogen) atoms. The van der Waals surface area contributed by atoms with Crippen molar-refractivity contribution in [3.8, 4) is 0 Å². The number of carbonyl (C=O) groups excluding carboxylic acids is 2. The summed E-state index contributed by atoms with van der Waals surface area (Å²) in [6.07, 6.45) is 7.68. The van der Waals surface area contributed by atoms with E-state index in [0.717, 1.165) is 37.8 Å². The van der Waals surface area contributed by atoms with E-state index in [9.17, 15) is 14.0 Å². The van der Waals surface area contributed by atoms with Gasteiger partial charge in [0.15, 0.2) is 0 Å². The molecule has 1 aliphatic heterocycles. The maximum atomic E-state index is 13.0. The van der Waals surface area contributed by atoms with Gasteiger partial charge in [-0.1, -0.05) is 31.4 Å². The second-order valence-corrected chi connectivity index (χ2v) is 8.26. The zero-order chi connectivity index (χ0) is 19.9. The van der Waals surface area contributed by atoms with E-state index < -0.39 is 0 Å². The Hall–Kier alpha value is -1.95. The van der Waals surface area contributed by atoms with E-state index in [4.69, 9.17) is 0 Å². The van der Waals surface area contributed by atoms with Crippen LogP contribution in [-0.2, 0) is 9.59 Å². The Morgan fingerprint density at radius 3 is 2.54 bits per heavy atom. The highest BCUT2D eigenvalue weighted by Crippen LogP contribution is 2.21. The molecule has 1 aliphatic carbocycles. The Bertz CT molecular complexity index is 658. The number of nitrogens with one attached hydrogen (secondary N) is 2. The Morgan fingerprint density at radius 1 is 1.11 bits per heavy atom. The summed E-state index contributed by atoms with van der Waals surface area (Å²) in [6, 6.07) is 6.33. The maximum Gasteiger partial charge on any atom is 0.234 e. The van der Waals surface area contributed by atoms with Gasteiger partial charge in [0.05, 0.1) is 18.5 Å². The number of amides is 2. The first-order valence-corrected chi connectivity index (χ1v) is 10.6. The third-order valence-electron chi connectivity index (χ3n) is 5.94. The Balaban J connectivity index is 1.45. The number of likely N-dealkylation sites (tertiary alicyclic amines) is 1. The summed E-state index contributed by atoms with van der Waals surface area (Å²) in [5.74, 6) is -0.229. The molecule has 2 amide bonds. The van der Waals surface area contributed by atoms with Crippen LogP contribution in [0.3, 0.4) is 0 Å². The van der Waals surface area contributed by atoms with Gasteiger partial charge in [0.2, 0.25) is 11.8 Å². The van der Waals surface area contributed by atoms with Crippen molar-refractivity contribution in [2.75, 3.05) is 19.6 Å². The molecule has 0 bridgehead atoms. The van der Waals surface area contributed by atoms with Crippen LogP contribution < -0.4 is 10.6 Å². The predicted molar refractivity (Wildman–Crippen MR) is 107 cm³/mol. The molecule has 1 saturated carbocycles. The first-order chi connectivity index (χ1) is 13.5. The summed E-state index contributed by atoms with van der Waals surface area (Å²) in [4.78, 5) is 27.1. The second kappa shape index (κ2) is 10.0. The molecule has 1 heterocycles. The largest absolute Gasteiger partial charge is 0.353 e. The Labute approximate surface area is 167 Å². The van der Waals surface area contributed by atoms with Crippen LogP contribution in [0.4, 0.5) is 4.39 Å². The minimum atomic E-state index is -0.284. The average molecular weight is 390 g/mol. The van der Waals surface area contributed by atoms with Gasteiger partial charge in [-0.3, -0.25) is 14.5 Å². The highest BCUT2D eigenvalue weighted by atomic mass is 19.1. The Morgan fingerprint density at radius 2 is 1.82 bits per heavy atom. The number of rotatable bonds is 6. The zero-order valence-electron chi connectivity index (χ0n) is 16.8. The molecule has 0 radical (unpaired) electrons. The lowest BCUT2D eigenvalue weighted by Gasteiger charge is -2.33. The number of halogens is 1. The maximum absolute atomic E-state index is 13.0. The zero-order valence-corrected chi connectivity index (χ0v) is 16.8. The van der Waals surface area contributed by atoms with Crippen molar-refractivity contribution in [2.24, 2.45) is 5.92 Å². The van der Waals surface area contributed by atoms with E-state index in [1.54, 1.807) is 12.1 Å². The monoisotopic (exact) mass is 389 g/mol. The molecular formula is C22H32FN3O2. The summed E-state index contributed by atoms with van der Waals surface area (Å²) in [5, 5.41) is 6.19. The highest BCUT2D eigenvalue weighted by molar-refractivity contribution is 5.80. The van der Waals surface area contributed by atoms with Crippen molar-refractivity contribution in [3.05, 3.63) is 35.6 Å². The molecule has 1 aromatic carbocycles. The van der Waals surface area contributed by atoms with Crippen molar-refractivity contribution in [3.63, 3.8) is 0 Å². The summed E-state index contributed by atoms with van der Waals surface area (Å²) in [6.45, 7) is 3.66. The van der Waals surface area contributed by atoms with Crippen LogP contribution >= 0.6 is 0 Å². The summed E-state index contributed by atoms with van der Waals surface area (Å²) in [5.41, 5.74) is 0.873. The molecule has 0 aromatic heterocycles. The number of piperidine rings is 1. The number of hydrogen-bond donors (Lipinski definition) is 2. The molecule has 6 heteroatoms. The number of carbonyl (C=O) groups is 2. The fourth-order valence-corrected chi connectivity index (χ4v) is 4.30. The van der Waals surface area contributed by atoms with E-state index in [-0.39, 0.29) is 29.6 Å². The van der Waals surface area contributed by atoms with Crippen LogP contribution in [0.1, 0.15) is 63.5 Å². The molecule has 3 rings (SSSR count). The second-order valence-electron chi connectivity index (χ2n) is 8.26. The highest BCUT2D eigenvalue weighted by Gasteiger charge is 2.28. The molecule has 2 unspecified atom stereocenters. The molecule has 2 aliphatic rings. The fourth-order valence-electron chi connectivity index (χ4n) is 4.30. The quantitative estimate of drug-likeness (QED) is 0.786. The first-order valence-electron chi connectivity index (χ1n) is 10.6. The van der Waals surface area contributed by atoms with E-state index in [1.165, 1.54) is 31.4 Å². The smallest absolute Gasteiger partial charge is 0.234 e. The molecule has 2 fully saturated rings. The van der Waals surface area contributed by atoms with E-state index in [1.807, 2.05) is 6.92 Å². The fraction of sp³-hybridized carbons (Fsp3) is 0.636.